The largest absolute Gasteiger partial charge is 0.486 e. The zero-order chi connectivity index (χ0) is 21.1. The van der Waals surface area contributed by atoms with Crippen LogP contribution in [-0.2, 0) is 19.1 Å². The second kappa shape index (κ2) is 8.44. The number of esters is 1. The Kier molecular flexibility index (Phi) is 5.56. The van der Waals surface area contributed by atoms with E-state index in [0.29, 0.717) is 36.1 Å². The van der Waals surface area contributed by atoms with Crippen LogP contribution in [0.5, 0.6) is 11.5 Å². The molecule has 2 aliphatic heterocycles. The SMILES string of the molecule is Cc1ccc(NC(=O)COC(=O)[C@@H]2CC(=O)N(c3ccc4c(c3)OCCO4)C2)cc1. The monoisotopic (exact) mass is 410 g/mol. The molecule has 0 aliphatic carbocycles. The predicted molar refractivity (Wildman–Crippen MR) is 109 cm³/mol. The molecule has 0 unspecified atom stereocenters. The van der Waals surface area contributed by atoms with Gasteiger partial charge in [0.25, 0.3) is 5.91 Å². The number of benzene rings is 2. The molecule has 1 atom stereocenters. The van der Waals surface area contributed by atoms with Crippen molar-refractivity contribution in [3.05, 3.63) is 48.0 Å². The fraction of sp³-hybridized carbons (Fsp3) is 0.318. The van der Waals surface area contributed by atoms with Crippen molar-refractivity contribution in [1.29, 1.82) is 0 Å². The number of anilines is 2. The van der Waals surface area contributed by atoms with Gasteiger partial charge in [-0.15, -0.1) is 0 Å². The van der Waals surface area contributed by atoms with Gasteiger partial charge in [-0.25, -0.2) is 0 Å². The quantitative estimate of drug-likeness (QED) is 0.761. The highest BCUT2D eigenvalue weighted by Crippen LogP contribution is 2.36. The first-order valence-corrected chi connectivity index (χ1v) is 9.73. The summed E-state index contributed by atoms with van der Waals surface area (Å²) in [6, 6.07) is 12.5. The Hall–Kier alpha value is -3.55. The smallest absolute Gasteiger partial charge is 0.311 e. The maximum Gasteiger partial charge on any atom is 0.311 e. The highest BCUT2D eigenvalue weighted by molar-refractivity contribution is 6.00. The summed E-state index contributed by atoms with van der Waals surface area (Å²) >= 11 is 0. The molecule has 8 heteroatoms. The number of aryl methyl sites for hydroxylation is 1. The van der Waals surface area contributed by atoms with Gasteiger partial charge in [0.2, 0.25) is 5.91 Å². The summed E-state index contributed by atoms with van der Waals surface area (Å²) in [5.41, 5.74) is 2.34. The summed E-state index contributed by atoms with van der Waals surface area (Å²) in [6.07, 6.45) is 0.0346. The van der Waals surface area contributed by atoms with Crippen molar-refractivity contribution in [2.24, 2.45) is 5.92 Å². The van der Waals surface area contributed by atoms with Crippen LogP contribution in [0.3, 0.4) is 0 Å². The third-order valence-corrected chi connectivity index (χ3v) is 4.98. The van der Waals surface area contributed by atoms with Gasteiger partial charge in [0.1, 0.15) is 13.2 Å². The predicted octanol–water partition coefficient (Wildman–Crippen LogP) is 2.30. The molecule has 8 nitrogen and oxygen atoms in total. The first-order valence-electron chi connectivity index (χ1n) is 9.73. The maximum atomic E-state index is 12.4. The van der Waals surface area contributed by atoms with Crippen molar-refractivity contribution in [2.75, 3.05) is 36.6 Å². The summed E-state index contributed by atoms with van der Waals surface area (Å²) in [7, 11) is 0. The molecule has 2 aliphatic rings. The number of carbonyl (C=O) groups is 3. The minimum Gasteiger partial charge on any atom is -0.486 e. The summed E-state index contributed by atoms with van der Waals surface area (Å²) in [5, 5.41) is 2.67. The third kappa shape index (κ3) is 4.37. The van der Waals surface area contributed by atoms with Gasteiger partial charge < -0.3 is 24.4 Å². The van der Waals surface area contributed by atoms with E-state index in [2.05, 4.69) is 5.32 Å². The van der Waals surface area contributed by atoms with Crippen LogP contribution in [0, 0.1) is 12.8 Å². The molecule has 1 saturated heterocycles. The van der Waals surface area contributed by atoms with Crippen molar-refractivity contribution in [1.82, 2.24) is 0 Å². The standard InChI is InChI=1S/C22H22N2O6/c1-14-2-4-16(5-3-14)23-20(25)13-30-22(27)15-10-21(26)24(12-15)17-6-7-18-19(11-17)29-9-8-28-18/h2-7,11,15H,8-10,12-13H2,1H3,(H,23,25)/t15-/m1/s1. The molecular weight excluding hydrogens is 388 g/mol. The first-order chi connectivity index (χ1) is 14.5. The van der Waals surface area contributed by atoms with Crippen LogP contribution in [0.25, 0.3) is 0 Å². The second-order valence-corrected chi connectivity index (χ2v) is 7.26. The highest BCUT2D eigenvalue weighted by Gasteiger charge is 2.36. The zero-order valence-corrected chi connectivity index (χ0v) is 16.6. The van der Waals surface area contributed by atoms with E-state index >= 15 is 0 Å². The molecule has 1 N–H and O–H groups in total. The Balaban J connectivity index is 1.31. The number of fused-ring (bicyclic) bond motifs is 1. The zero-order valence-electron chi connectivity index (χ0n) is 16.6. The Morgan fingerprint density at radius 3 is 2.60 bits per heavy atom. The van der Waals surface area contributed by atoms with Crippen molar-refractivity contribution in [3.63, 3.8) is 0 Å². The van der Waals surface area contributed by atoms with Gasteiger partial charge in [-0.2, -0.15) is 0 Å². The van der Waals surface area contributed by atoms with Crippen LogP contribution in [0.15, 0.2) is 42.5 Å². The highest BCUT2D eigenvalue weighted by atomic mass is 16.6. The number of nitrogens with one attached hydrogen (secondary N) is 1. The topological polar surface area (TPSA) is 94.2 Å². The lowest BCUT2D eigenvalue weighted by Gasteiger charge is -2.22. The number of amides is 2. The summed E-state index contributed by atoms with van der Waals surface area (Å²) in [6.45, 7) is 2.67. The average molecular weight is 410 g/mol. The van der Waals surface area contributed by atoms with E-state index in [0.717, 1.165) is 5.56 Å². The summed E-state index contributed by atoms with van der Waals surface area (Å²) in [5.74, 6) is -0.601. The van der Waals surface area contributed by atoms with E-state index in [9.17, 15) is 14.4 Å². The molecule has 1 fully saturated rings. The van der Waals surface area contributed by atoms with Gasteiger partial charge in [0, 0.05) is 30.4 Å². The number of ether oxygens (including phenoxy) is 3. The molecule has 2 heterocycles. The molecule has 30 heavy (non-hydrogen) atoms. The number of hydrogen-bond acceptors (Lipinski definition) is 6. The molecule has 0 aromatic heterocycles. The number of hydrogen-bond donors (Lipinski definition) is 1. The van der Waals surface area contributed by atoms with Crippen LogP contribution in [0.1, 0.15) is 12.0 Å². The number of carbonyl (C=O) groups excluding carboxylic acids is 3. The normalized spacial score (nSPS) is 17.6. The van der Waals surface area contributed by atoms with Gasteiger partial charge in [0.05, 0.1) is 5.92 Å². The fourth-order valence-electron chi connectivity index (χ4n) is 3.40. The van der Waals surface area contributed by atoms with Crippen molar-refractivity contribution in [2.45, 2.75) is 13.3 Å². The minimum absolute atomic E-state index is 0.0346. The molecule has 0 radical (unpaired) electrons. The molecule has 0 saturated carbocycles. The van der Waals surface area contributed by atoms with E-state index < -0.39 is 24.4 Å². The van der Waals surface area contributed by atoms with Crippen LogP contribution in [-0.4, -0.2) is 44.1 Å². The Morgan fingerprint density at radius 1 is 1.10 bits per heavy atom. The third-order valence-electron chi connectivity index (χ3n) is 4.98. The van der Waals surface area contributed by atoms with Gasteiger partial charge in [0.15, 0.2) is 18.1 Å². The molecule has 4 rings (SSSR count). The van der Waals surface area contributed by atoms with Gasteiger partial charge >= 0.3 is 5.97 Å². The van der Waals surface area contributed by atoms with E-state index in [1.165, 1.54) is 4.90 Å². The van der Waals surface area contributed by atoms with Crippen LogP contribution in [0.2, 0.25) is 0 Å². The van der Waals surface area contributed by atoms with Crippen molar-refractivity contribution in [3.8, 4) is 11.5 Å². The van der Waals surface area contributed by atoms with E-state index in [4.69, 9.17) is 14.2 Å². The Bertz CT molecular complexity index is 972. The van der Waals surface area contributed by atoms with Gasteiger partial charge in [-0.3, -0.25) is 14.4 Å². The summed E-state index contributed by atoms with van der Waals surface area (Å²) < 4.78 is 16.2. The summed E-state index contributed by atoms with van der Waals surface area (Å²) in [4.78, 5) is 38.3. The van der Waals surface area contributed by atoms with Crippen LogP contribution in [0.4, 0.5) is 11.4 Å². The molecule has 2 amide bonds. The van der Waals surface area contributed by atoms with Crippen molar-refractivity contribution >= 4 is 29.2 Å². The van der Waals surface area contributed by atoms with E-state index in [-0.39, 0.29) is 18.9 Å². The lowest BCUT2D eigenvalue weighted by molar-refractivity contribution is -0.151. The first kappa shape index (κ1) is 19.8. The number of rotatable bonds is 5. The minimum atomic E-state index is -0.627. The number of nitrogens with zero attached hydrogens (tertiary/aromatic N) is 1. The molecular formula is C22H22N2O6. The van der Waals surface area contributed by atoms with Gasteiger partial charge in [-0.1, -0.05) is 17.7 Å². The van der Waals surface area contributed by atoms with Crippen molar-refractivity contribution < 1.29 is 28.6 Å². The molecule has 0 bridgehead atoms. The molecule has 156 valence electrons. The maximum absolute atomic E-state index is 12.4. The fourth-order valence-corrected chi connectivity index (χ4v) is 3.40. The second-order valence-electron chi connectivity index (χ2n) is 7.26. The van der Waals surface area contributed by atoms with E-state index in [1.54, 1.807) is 30.3 Å². The van der Waals surface area contributed by atoms with Gasteiger partial charge in [-0.05, 0) is 31.2 Å². The Labute approximate surface area is 173 Å². The average Bonchev–Trinajstić information content (AvgIpc) is 3.15. The van der Waals surface area contributed by atoms with Crippen LogP contribution < -0.4 is 19.7 Å². The van der Waals surface area contributed by atoms with Crippen LogP contribution >= 0.6 is 0 Å². The lowest BCUT2D eigenvalue weighted by Crippen LogP contribution is -2.28. The van der Waals surface area contributed by atoms with E-state index in [1.807, 2.05) is 19.1 Å². The lowest BCUT2D eigenvalue weighted by atomic mass is 10.1. The molecule has 2 aromatic rings. The molecule has 0 spiro atoms. The Morgan fingerprint density at radius 2 is 1.83 bits per heavy atom. The molecule has 2 aromatic carbocycles.